The predicted molar refractivity (Wildman–Crippen MR) is 100 cm³/mol. The molecule has 138 valence electrons. The van der Waals surface area contributed by atoms with E-state index in [-0.39, 0.29) is 11.8 Å². The van der Waals surface area contributed by atoms with Crippen LogP contribution in [0.1, 0.15) is 44.1 Å². The maximum atomic E-state index is 12.4. The summed E-state index contributed by atoms with van der Waals surface area (Å²) in [7, 11) is 0. The lowest BCUT2D eigenvalue weighted by atomic mass is 9.92. The second-order valence-corrected chi connectivity index (χ2v) is 7.35. The zero-order chi connectivity index (χ0) is 17.5. The fourth-order valence-electron chi connectivity index (χ4n) is 3.76. The molecule has 3 N–H and O–H groups in total. The van der Waals surface area contributed by atoms with Gasteiger partial charge in [-0.15, -0.1) is 0 Å². The van der Waals surface area contributed by atoms with Crippen molar-refractivity contribution in [3.05, 3.63) is 29.8 Å². The number of hydrogen-bond donors (Lipinski definition) is 2. The van der Waals surface area contributed by atoms with Crippen LogP contribution >= 0.6 is 0 Å². The highest BCUT2D eigenvalue weighted by molar-refractivity contribution is 5.94. The smallest absolute Gasteiger partial charge is 0.241 e. The van der Waals surface area contributed by atoms with Crippen LogP contribution in [0.25, 0.3) is 0 Å². The van der Waals surface area contributed by atoms with Crippen molar-refractivity contribution >= 4 is 11.6 Å². The molecule has 1 aromatic rings. The van der Waals surface area contributed by atoms with Gasteiger partial charge in [-0.3, -0.25) is 9.69 Å². The number of benzene rings is 1. The number of anilines is 1. The molecular formula is C20H31N3O2. The van der Waals surface area contributed by atoms with E-state index in [0.717, 1.165) is 25.1 Å². The largest absolute Gasteiger partial charge is 0.381 e. The van der Waals surface area contributed by atoms with Crippen molar-refractivity contribution in [2.75, 3.05) is 31.6 Å². The number of likely N-dealkylation sites (tertiary alicyclic amines) is 1. The fourth-order valence-corrected chi connectivity index (χ4v) is 3.76. The lowest BCUT2D eigenvalue weighted by molar-refractivity contribution is -0.119. The van der Waals surface area contributed by atoms with Gasteiger partial charge in [-0.05, 0) is 62.4 Å². The summed E-state index contributed by atoms with van der Waals surface area (Å²) in [5.74, 6) is 0.128. The van der Waals surface area contributed by atoms with Crippen LogP contribution in [0.2, 0.25) is 0 Å². The number of amides is 1. The molecule has 1 amide bonds. The summed E-state index contributed by atoms with van der Waals surface area (Å²) in [6.07, 6.45) is 7.05. The molecule has 2 fully saturated rings. The number of rotatable bonds is 5. The number of carbonyl (C=O) groups excluding carboxylic acids is 1. The minimum atomic E-state index is -0.458. The van der Waals surface area contributed by atoms with Crippen LogP contribution in [0.4, 0.5) is 5.69 Å². The van der Waals surface area contributed by atoms with Crippen LogP contribution in [-0.2, 0) is 16.1 Å². The van der Waals surface area contributed by atoms with Crippen molar-refractivity contribution in [3.63, 3.8) is 0 Å². The normalized spacial score (nSPS) is 21.5. The first-order chi connectivity index (χ1) is 12.2. The number of carbonyl (C=O) groups is 1. The first kappa shape index (κ1) is 18.4. The van der Waals surface area contributed by atoms with Crippen molar-refractivity contribution in [2.24, 2.45) is 11.7 Å². The third kappa shape index (κ3) is 5.53. The molecule has 0 spiro atoms. The molecule has 2 aliphatic rings. The Morgan fingerprint density at radius 2 is 1.76 bits per heavy atom. The Hall–Kier alpha value is -1.43. The second-order valence-electron chi connectivity index (χ2n) is 7.35. The van der Waals surface area contributed by atoms with E-state index < -0.39 is 6.04 Å². The third-order valence-corrected chi connectivity index (χ3v) is 5.40. The first-order valence-corrected chi connectivity index (χ1v) is 9.68. The molecule has 0 saturated carbocycles. The van der Waals surface area contributed by atoms with Gasteiger partial charge in [0.15, 0.2) is 0 Å². The van der Waals surface area contributed by atoms with Gasteiger partial charge < -0.3 is 15.8 Å². The van der Waals surface area contributed by atoms with Crippen LogP contribution in [-0.4, -0.2) is 43.2 Å². The molecule has 2 aliphatic heterocycles. The highest BCUT2D eigenvalue weighted by Gasteiger charge is 2.26. The monoisotopic (exact) mass is 345 g/mol. The molecule has 1 atom stereocenters. The summed E-state index contributed by atoms with van der Waals surface area (Å²) in [5, 5.41) is 2.96. The van der Waals surface area contributed by atoms with Gasteiger partial charge in [-0.25, -0.2) is 0 Å². The fraction of sp³-hybridized carbons (Fsp3) is 0.650. The highest BCUT2D eigenvalue weighted by Crippen LogP contribution is 2.20. The van der Waals surface area contributed by atoms with E-state index >= 15 is 0 Å². The van der Waals surface area contributed by atoms with Gasteiger partial charge in [0.1, 0.15) is 0 Å². The molecule has 0 radical (unpaired) electrons. The molecule has 2 saturated heterocycles. The number of nitrogens with two attached hydrogens (primary N) is 1. The van der Waals surface area contributed by atoms with E-state index in [2.05, 4.69) is 22.3 Å². The quantitative estimate of drug-likeness (QED) is 0.861. The lowest BCUT2D eigenvalue weighted by Gasteiger charge is -2.26. The first-order valence-electron chi connectivity index (χ1n) is 9.68. The molecule has 1 unspecified atom stereocenters. The zero-order valence-corrected chi connectivity index (χ0v) is 15.1. The predicted octanol–water partition coefficient (Wildman–Crippen LogP) is 2.75. The van der Waals surface area contributed by atoms with Crippen molar-refractivity contribution in [1.29, 1.82) is 0 Å². The second kappa shape index (κ2) is 9.32. The number of nitrogens with zero attached hydrogens (tertiary/aromatic N) is 1. The summed E-state index contributed by atoms with van der Waals surface area (Å²) in [6, 6.07) is 7.74. The lowest BCUT2D eigenvalue weighted by Crippen LogP contribution is -2.44. The molecule has 0 bridgehead atoms. The molecular weight excluding hydrogens is 314 g/mol. The molecule has 3 rings (SSSR count). The standard InChI is InChI=1S/C20H31N3O2/c21-19(17-9-13-25-14-10-17)20(24)22-18-7-5-16(6-8-18)15-23-11-3-1-2-4-12-23/h5-8,17,19H,1-4,9-15,21H2,(H,22,24). The highest BCUT2D eigenvalue weighted by atomic mass is 16.5. The van der Waals surface area contributed by atoms with Crippen molar-refractivity contribution in [3.8, 4) is 0 Å². The van der Waals surface area contributed by atoms with E-state index in [1.165, 1.54) is 44.3 Å². The summed E-state index contributed by atoms with van der Waals surface area (Å²) >= 11 is 0. The van der Waals surface area contributed by atoms with Gasteiger partial charge in [0.05, 0.1) is 6.04 Å². The Kier molecular flexibility index (Phi) is 6.84. The van der Waals surface area contributed by atoms with E-state index in [1.807, 2.05) is 12.1 Å². The van der Waals surface area contributed by atoms with Crippen molar-refractivity contribution in [2.45, 2.75) is 51.1 Å². The third-order valence-electron chi connectivity index (χ3n) is 5.40. The summed E-state index contributed by atoms with van der Waals surface area (Å²) in [5.41, 5.74) is 8.26. The van der Waals surface area contributed by atoms with Gasteiger partial charge in [-0.2, -0.15) is 0 Å². The van der Waals surface area contributed by atoms with Crippen LogP contribution in [0.3, 0.4) is 0 Å². The molecule has 1 aromatic carbocycles. The Morgan fingerprint density at radius 3 is 2.40 bits per heavy atom. The maximum Gasteiger partial charge on any atom is 0.241 e. The Bertz CT molecular complexity index is 532. The van der Waals surface area contributed by atoms with E-state index in [4.69, 9.17) is 10.5 Å². The topological polar surface area (TPSA) is 67.6 Å². The average Bonchev–Trinajstić information content (AvgIpc) is 2.92. The summed E-state index contributed by atoms with van der Waals surface area (Å²) < 4.78 is 5.34. The molecule has 0 aliphatic carbocycles. The van der Waals surface area contributed by atoms with Crippen LogP contribution in [0, 0.1) is 5.92 Å². The SMILES string of the molecule is NC(C(=O)Nc1ccc(CN2CCCCCC2)cc1)C1CCOCC1. The number of nitrogens with one attached hydrogen (secondary N) is 1. The van der Waals surface area contributed by atoms with Crippen LogP contribution in [0.5, 0.6) is 0 Å². The van der Waals surface area contributed by atoms with Crippen LogP contribution in [0.15, 0.2) is 24.3 Å². The van der Waals surface area contributed by atoms with Gasteiger partial charge in [-0.1, -0.05) is 25.0 Å². The summed E-state index contributed by atoms with van der Waals surface area (Å²) in [6.45, 7) is 4.79. The number of hydrogen-bond acceptors (Lipinski definition) is 4. The zero-order valence-electron chi connectivity index (χ0n) is 15.1. The molecule has 0 aromatic heterocycles. The summed E-state index contributed by atoms with van der Waals surface area (Å²) in [4.78, 5) is 14.9. The molecule has 5 nitrogen and oxygen atoms in total. The van der Waals surface area contributed by atoms with Crippen molar-refractivity contribution < 1.29 is 9.53 Å². The van der Waals surface area contributed by atoms with Gasteiger partial charge in [0.2, 0.25) is 5.91 Å². The van der Waals surface area contributed by atoms with E-state index in [9.17, 15) is 4.79 Å². The van der Waals surface area contributed by atoms with Crippen molar-refractivity contribution in [1.82, 2.24) is 4.90 Å². The maximum absolute atomic E-state index is 12.4. The average molecular weight is 345 g/mol. The van der Waals surface area contributed by atoms with Gasteiger partial charge >= 0.3 is 0 Å². The Morgan fingerprint density at radius 1 is 1.12 bits per heavy atom. The molecule has 5 heteroatoms. The Balaban J connectivity index is 1.50. The van der Waals surface area contributed by atoms with Gasteiger partial charge in [0, 0.05) is 25.4 Å². The minimum absolute atomic E-state index is 0.0906. The minimum Gasteiger partial charge on any atom is -0.381 e. The van der Waals surface area contributed by atoms with E-state index in [0.29, 0.717) is 13.2 Å². The molecule has 2 heterocycles. The van der Waals surface area contributed by atoms with Crippen LogP contribution < -0.4 is 11.1 Å². The van der Waals surface area contributed by atoms with Gasteiger partial charge in [0.25, 0.3) is 0 Å². The Labute approximate surface area is 150 Å². The molecule has 25 heavy (non-hydrogen) atoms. The van der Waals surface area contributed by atoms with E-state index in [1.54, 1.807) is 0 Å². The number of ether oxygens (including phenoxy) is 1.